The Balaban J connectivity index is 2.13. The van der Waals surface area contributed by atoms with Crippen LogP contribution in [0.1, 0.15) is 29.8 Å². The molecule has 21 heavy (non-hydrogen) atoms. The highest BCUT2D eigenvalue weighted by atomic mass is 16.5. The lowest BCUT2D eigenvalue weighted by molar-refractivity contribution is 0.102. The van der Waals surface area contributed by atoms with E-state index in [0.29, 0.717) is 16.9 Å². The lowest BCUT2D eigenvalue weighted by atomic mass is 10.1. The molecule has 0 heterocycles. The Morgan fingerprint density at radius 2 is 1.81 bits per heavy atom. The Labute approximate surface area is 124 Å². The zero-order chi connectivity index (χ0) is 15.4. The number of nitrogen functional groups attached to an aromatic ring is 1. The molecule has 1 amide bonds. The number of nitrogens with two attached hydrogens (primary N) is 1. The Kier molecular flexibility index (Phi) is 4.48. The van der Waals surface area contributed by atoms with Gasteiger partial charge in [0.25, 0.3) is 5.91 Å². The summed E-state index contributed by atoms with van der Waals surface area (Å²) in [6.07, 6.45) is 0.122. The quantitative estimate of drug-likeness (QED) is 0.843. The molecule has 0 saturated carbocycles. The lowest BCUT2D eigenvalue weighted by Crippen LogP contribution is -2.15. The third kappa shape index (κ3) is 3.75. The molecule has 0 spiro atoms. The Morgan fingerprint density at radius 3 is 2.38 bits per heavy atom. The molecule has 0 aliphatic rings. The minimum atomic E-state index is -0.205. The highest BCUT2D eigenvalue weighted by Gasteiger charge is 2.12. The van der Waals surface area contributed by atoms with Gasteiger partial charge in [0.05, 0.1) is 11.7 Å². The van der Waals surface area contributed by atoms with Crippen molar-refractivity contribution in [3.05, 3.63) is 53.6 Å². The maximum atomic E-state index is 12.3. The van der Waals surface area contributed by atoms with Crippen LogP contribution in [0.25, 0.3) is 0 Å². The van der Waals surface area contributed by atoms with E-state index in [1.54, 1.807) is 6.07 Å². The maximum Gasteiger partial charge on any atom is 0.258 e. The monoisotopic (exact) mass is 284 g/mol. The average Bonchev–Trinajstić information content (AvgIpc) is 2.40. The van der Waals surface area contributed by atoms with Gasteiger partial charge in [-0.15, -0.1) is 0 Å². The topological polar surface area (TPSA) is 64.4 Å². The molecular formula is C17H20N2O2. The summed E-state index contributed by atoms with van der Waals surface area (Å²) in [5.74, 6) is 0.571. The van der Waals surface area contributed by atoms with Gasteiger partial charge in [-0.25, -0.2) is 0 Å². The van der Waals surface area contributed by atoms with Crippen LogP contribution in [0, 0.1) is 6.92 Å². The van der Waals surface area contributed by atoms with E-state index < -0.39 is 0 Å². The van der Waals surface area contributed by atoms with Gasteiger partial charge in [0.2, 0.25) is 0 Å². The van der Waals surface area contributed by atoms with Crippen LogP contribution in [0.4, 0.5) is 11.4 Å². The number of rotatable bonds is 4. The zero-order valence-corrected chi connectivity index (χ0v) is 12.5. The summed E-state index contributed by atoms with van der Waals surface area (Å²) >= 11 is 0. The molecule has 0 unspecified atom stereocenters. The summed E-state index contributed by atoms with van der Waals surface area (Å²) in [6, 6.07) is 12.7. The number of carbonyl (C=O) groups is 1. The van der Waals surface area contributed by atoms with Crippen molar-refractivity contribution in [2.24, 2.45) is 0 Å². The first-order valence-electron chi connectivity index (χ1n) is 6.90. The fourth-order valence-electron chi connectivity index (χ4n) is 2.08. The molecule has 4 nitrogen and oxygen atoms in total. The van der Waals surface area contributed by atoms with Crippen molar-refractivity contribution < 1.29 is 9.53 Å². The number of amides is 1. The summed E-state index contributed by atoms with van der Waals surface area (Å²) in [7, 11) is 0. The van der Waals surface area contributed by atoms with Crippen LogP contribution in [0.15, 0.2) is 42.5 Å². The molecule has 4 heteroatoms. The van der Waals surface area contributed by atoms with Gasteiger partial charge >= 0.3 is 0 Å². The van der Waals surface area contributed by atoms with E-state index in [4.69, 9.17) is 10.5 Å². The molecule has 0 aromatic heterocycles. The second-order valence-electron chi connectivity index (χ2n) is 5.18. The van der Waals surface area contributed by atoms with Crippen LogP contribution in [0.5, 0.6) is 5.75 Å². The minimum absolute atomic E-state index is 0.122. The first-order chi connectivity index (χ1) is 9.97. The first kappa shape index (κ1) is 14.9. The van der Waals surface area contributed by atoms with E-state index in [9.17, 15) is 4.79 Å². The van der Waals surface area contributed by atoms with Gasteiger partial charge in [-0.2, -0.15) is 0 Å². The van der Waals surface area contributed by atoms with Gasteiger partial charge in [0, 0.05) is 11.4 Å². The van der Waals surface area contributed by atoms with Crippen molar-refractivity contribution in [2.75, 3.05) is 11.1 Å². The molecule has 2 aromatic rings. The summed E-state index contributed by atoms with van der Waals surface area (Å²) < 4.78 is 5.56. The fraction of sp³-hybridized carbons (Fsp3) is 0.235. The van der Waals surface area contributed by atoms with Gasteiger partial charge < -0.3 is 15.8 Å². The largest absolute Gasteiger partial charge is 0.491 e. The number of nitrogens with one attached hydrogen (secondary N) is 1. The van der Waals surface area contributed by atoms with Crippen LogP contribution in [-0.4, -0.2) is 12.0 Å². The number of hydrogen-bond donors (Lipinski definition) is 2. The second kappa shape index (κ2) is 6.31. The third-order valence-electron chi connectivity index (χ3n) is 3.02. The Morgan fingerprint density at radius 1 is 1.14 bits per heavy atom. The van der Waals surface area contributed by atoms with Gasteiger partial charge in [-0.05, 0) is 56.7 Å². The highest BCUT2D eigenvalue weighted by Crippen LogP contribution is 2.20. The number of carbonyl (C=O) groups excluding carboxylic acids is 1. The fourth-order valence-corrected chi connectivity index (χ4v) is 2.08. The normalized spacial score (nSPS) is 10.5. The van der Waals surface area contributed by atoms with E-state index in [1.807, 2.05) is 57.2 Å². The van der Waals surface area contributed by atoms with E-state index >= 15 is 0 Å². The molecule has 3 N–H and O–H groups in total. The predicted octanol–water partition coefficient (Wildman–Crippen LogP) is 3.62. The van der Waals surface area contributed by atoms with E-state index in [1.165, 1.54) is 0 Å². The lowest BCUT2D eigenvalue weighted by Gasteiger charge is -2.12. The highest BCUT2D eigenvalue weighted by molar-refractivity contribution is 6.08. The smallest absolute Gasteiger partial charge is 0.258 e. The van der Waals surface area contributed by atoms with Crippen molar-refractivity contribution in [3.8, 4) is 5.75 Å². The number of aryl methyl sites for hydroxylation is 1. The number of benzene rings is 2. The molecule has 0 saturated heterocycles. The molecular weight excluding hydrogens is 264 g/mol. The second-order valence-corrected chi connectivity index (χ2v) is 5.18. The van der Waals surface area contributed by atoms with Crippen LogP contribution < -0.4 is 15.8 Å². The average molecular weight is 284 g/mol. The molecule has 0 aliphatic carbocycles. The van der Waals surface area contributed by atoms with E-state index in [-0.39, 0.29) is 12.0 Å². The van der Waals surface area contributed by atoms with Gasteiger partial charge in [0.15, 0.2) is 0 Å². The molecule has 0 bridgehead atoms. The standard InChI is InChI=1S/C17H20N2O2/c1-11(2)21-14-9-7-13(8-10-14)19-17(20)16-12(3)5-4-6-15(16)18/h4-11H,18H2,1-3H3,(H,19,20). The molecule has 0 aliphatic heterocycles. The van der Waals surface area contributed by atoms with Gasteiger partial charge in [-0.1, -0.05) is 12.1 Å². The molecule has 2 rings (SSSR count). The van der Waals surface area contributed by atoms with Crippen molar-refractivity contribution in [2.45, 2.75) is 26.9 Å². The predicted molar refractivity (Wildman–Crippen MR) is 85.8 cm³/mol. The van der Waals surface area contributed by atoms with Crippen LogP contribution in [0.3, 0.4) is 0 Å². The van der Waals surface area contributed by atoms with Crippen molar-refractivity contribution in [1.82, 2.24) is 0 Å². The summed E-state index contributed by atoms with van der Waals surface area (Å²) in [4.78, 5) is 12.3. The summed E-state index contributed by atoms with van der Waals surface area (Å²) in [5.41, 5.74) is 8.43. The number of anilines is 2. The van der Waals surface area contributed by atoms with Crippen molar-refractivity contribution in [3.63, 3.8) is 0 Å². The summed E-state index contributed by atoms with van der Waals surface area (Å²) in [6.45, 7) is 5.80. The van der Waals surface area contributed by atoms with Crippen LogP contribution in [-0.2, 0) is 0 Å². The minimum Gasteiger partial charge on any atom is -0.491 e. The first-order valence-corrected chi connectivity index (χ1v) is 6.90. The van der Waals surface area contributed by atoms with Crippen LogP contribution >= 0.6 is 0 Å². The molecule has 0 atom stereocenters. The SMILES string of the molecule is Cc1cccc(N)c1C(=O)Nc1ccc(OC(C)C)cc1. The van der Waals surface area contributed by atoms with Crippen molar-refractivity contribution >= 4 is 17.3 Å². The summed E-state index contributed by atoms with van der Waals surface area (Å²) in [5, 5.41) is 2.85. The zero-order valence-electron chi connectivity index (χ0n) is 12.5. The number of hydrogen-bond acceptors (Lipinski definition) is 3. The molecule has 110 valence electrons. The van der Waals surface area contributed by atoms with E-state index in [2.05, 4.69) is 5.32 Å². The number of ether oxygens (including phenoxy) is 1. The maximum absolute atomic E-state index is 12.3. The van der Waals surface area contributed by atoms with Crippen LogP contribution in [0.2, 0.25) is 0 Å². The Bertz CT molecular complexity index is 613. The molecule has 0 fully saturated rings. The molecule has 0 radical (unpaired) electrons. The third-order valence-corrected chi connectivity index (χ3v) is 3.02. The van der Waals surface area contributed by atoms with Gasteiger partial charge in [-0.3, -0.25) is 4.79 Å². The van der Waals surface area contributed by atoms with Gasteiger partial charge in [0.1, 0.15) is 5.75 Å². The van der Waals surface area contributed by atoms with E-state index in [0.717, 1.165) is 11.3 Å². The Hall–Kier alpha value is -2.49. The van der Waals surface area contributed by atoms with Crippen molar-refractivity contribution in [1.29, 1.82) is 0 Å². The molecule has 2 aromatic carbocycles.